The quantitative estimate of drug-likeness (QED) is 0.560. The second kappa shape index (κ2) is 5.89. The van der Waals surface area contributed by atoms with E-state index in [1.165, 1.54) is 27.8 Å². The van der Waals surface area contributed by atoms with Crippen molar-refractivity contribution in [2.75, 3.05) is 0 Å². The lowest BCUT2D eigenvalue weighted by Crippen LogP contribution is -2.28. The Labute approximate surface area is 147 Å². The van der Waals surface area contributed by atoms with Crippen LogP contribution >= 0.6 is 0 Å². The van der Waals surface area contributed by atoms with E-state index in [9.17, 15) is 0 Å². The zero-order valence-corrected chi connectivity index (χ0v) is 16.1. The van der Waals surface area contributed by atoms with E-state index < -0.39 is 8.80 Å². The summed E-state index contributed by atoms with van der Waals surface area (Å²) in [6.07, 6.45) is 8.29. The lowest BCUT2D eigenvalue weighted by molar-refractivity contribution is 0.791. The molecule has 1 heteroatoms. The van der Waals surface area contributed by atoms with Crippen molar-refractivity contribution in [2.45, 2.75) is 39.3 Å². The Hall–Kier alpha value is -1.86. The number of allylic oxidation sites excluding steroid dienone is 4. The third-order valence-corrected chi connectivity index (χ3v) is 6.91. The molecule has 0 nitrogen and oxygen atoms in total. The van der Waals surface area contributed by atoms with Crippen LogP contribution in [0.5, 0.6) is 0 Å². The first kappa shape index (κ1) is 15.7. The van der Waals surface area contributed by atoms with E-state index in [1.807, 2.05) is 0 Å². The summed E-state index contributed by atoms with van der Waals surface area (Å²) in [6, 6.07) is 13.9. The summed E-state index contributed by atoms with van der Waals surface area (Å²) in [7, 11) is -0.501. The van der Waals surface area contributed by atoms with Gasteiger partial charge in [-0.25, -0.2) is 0 Å². The van der Waals surface area contributed by atoms with Crippen LogP contribution in [0.1, 0.15) is 36.5 Å². The number of fused-ring (bicyclic) bond motifs is 3. The van der Waals surface area contributed by atoms with Gasteiger partial charge in [0.2, 0.25) is 0 Å². The summed E-state index contributed by atoms with van der Waals surface area (Å²) >= 11 is 0. The van der Waals surface area contributed by atoms with Gasteiger partial charge in [0.1, 0.15) is 0 Å². The monoisotopic (exact) mass is 329 g/mol. The molecule has 0 spiro atoms. The standard InChI is InChI=1S/C23H25Si/c1-15(2)16-9-10-18(11-16)22-13-19-12-17-7-5-6-8-20(17)21(19)14-23(22)24(3)4/h5-11,13-15,18H,12H2,1-4H3. The molecule has 4 rings (SSSR count). The normalized spacial score (nSPS) is 18.2. The van der Waals surface area contributed by atoms with E-state index in [0.717, 1.165) is 6.42 Å². The lowest BCUT2D eigenvalue weighted by Gasteiger charge is -2.18. The minimum absolute atomic E-state index is 0.464. The van der Waals surface area contributed by atoms with Gasteiger partial charge in [-0.2, -0.15) is 0 Å². The van der Waals surface area contributed by atoms with Crippen molar-refractivity contribution < 1.29 is 0 Å². The highest BCUT2D eigenvalue weighted by molar-refractivity contribution is 6.71. The first-order valence-electron chi connectivity index (χ1n) is 9.00. The van der Waals surface area contributed by atoms with Crippen molar-refractivity contribution in [3.05, 3.63) is 76.9 Å². The van der Waals surface area contributed by atoms with Gasteiger partial charge in [-0.15, -0.1) is 0 Å². The molecule has 2 aromatic carbocycles. The fourth-order valence-electron chi connectivity index (χ4n) is 4.02. The molecule has 0 saturated carbocycles. The molecule has 1 radical (unpaired) electrons. The molecule has 0 aliphatic heterocycles. The van der Waals surface area contributed by atoms with E-state index in [4.69, 9.17) is 0 Å². The van der Waals surface area contributed by atoms with Crippen molar-refractivity contribution in [2.24, 2.45) is 5.92 Å². The van der Waals surface area contributed by atoms with E-state index in [0.29, 0.717) is 11.8 Å². The van der Waals surface area contributed by atoms with E-state index in [2.05, 4.69) is 81.6 Å². The van der Waals surface area contributed by atoms with Crippen LogP contribution in [0.25, 0.3) is 11.1 Å². The van der Waals surface area contributed by atoms with Crippen LogP contribution in [-0.4, -0.2) is 8.80 Å². The van der Waals surface area contributed by atoms with Gasteiger partial charge in [-0.1, -0.05) is 86.8 Å². The van der Waals surface area contributed by atoms with Crippen LogP contribution in [0.3, 0.4) is 0 Å². The highest BCUT2D eigenvalue weighted by atomic mass is 28.3. The molecule has 0 saturated heterocycles. The van der Waals surface area contributed by atoms with Gasteiger partial charge in [-0.05, 0) is 45.7 Å². The van der Waals surface area contributed by atoms with Crippen LogP contribution in [0, 0.1) is 5.92 Å². The molecular formula is C23H25Si. The number of benzene rings is 2. The summed E-state index contributed by atoms with van der Waals surface area (Å²) in [5, 5.41) is 1.60. The molecule has 0 fully saturated rings. The van der Waals surface area contributed by atoms with Crippen LogP contribution < -0.4 is 5.19 Å². The van der Waals surface area contributed by atoms with Crippen LogP contribution in [0.4, 0.5) is 0 Å². The molecule has 1 unspecified atom stereocenters. The van der Waals surface area contributed by atoms with Gasteiger partial charge in [0.15, 0.2) is 0 Å². The SMILES string of the molecule is CC(C)C1=CC(c2cc3c(cc2[Si](C)C)-c2ccccc2C3)C=C1. The molecule has 2 aliphatic carbocycles. The number of rotatable bonds is 3. The van der Waals surface area contributed by atoms with Gasteiger partial charge in [0.25, 0.3) is 0 Å². The van der Waals surface area contributed by atoms with Gasteiger partial charge in [-0.3, -0.25) is 0 Å². The minimum Gasteiger partial charge on any atom is -0.0730 e. The Morgan fingerprint density at radius 2 is 1.79 bits per heavy atom. The molecule has 24 heavy (non-hydrogen) atoms. The van der Waals surface area contributed by atoms with Gasteiger partial charge >= 0.3 is 0 Å². The summed E-state index contributed by atoms with van der Waals surface area (Å²) in [5.74, 6) is 1.08. The topological polar surface area (TPSA) is 0 Å². The molecule has 2 aliphatic rings. The predicted molar refractivity (Wildman–Crippen MR) is 107 cm³/mol. The zero-order valence-electron chi connectivity index (χ0n) is 15.1. The van der Waals surface area contributed by atoms with Gasteiger partial charge in [0, 0.05) is 5.92 Å². The summed E-state index contributed by atoms with van der Waals surface area (Å²) < 4.78 is 0. The molecule has 2 aromatic rings. The summed E-state index contributed by atoms with van der Waals surface area (Å²) in [6.45, 7) is 9.41. The van der Waals surface area contributed by atoms with Crippen molar-refractivity contribution in [1.29, 1.82) is 0 Å². The molecule has 0 heterocycles. The summed E-state index contributed by atoms with van der Waals surface area (Å²) in [4.78, 5) is 0. The maximum atomic E-state index is 2.51. The molecule has 0 amide bonds. The molecular weight excluding hydrogens is 304 g/mol. The number of hydrogen-bond acceptors (Lipinski definition) is 0. The first-order valence-corrected chi connectivity index (χ1v) is 11.5. The first-order chi connectivity index (χ1) is 11.5. The third-order valence-electron chi connectivity index (χ3n) is 5.40. The maximum Gasteiger partial charge on any atom is 0.0796 e. The van der Waals surface area contributed by atoms with Crippen LogP contribution in [-0.2, 0) is 6.42 Å². The smallest absolute Gasteiger partial charge is 0.0730 e. The van der Waals surface area contributed by atoms with Crippen molar-refractivity contribution in [3.63, 3.8) is 0 Å². The fourth-order valence-corrected chi connectivity index (χ4v) is 5.27. The summed E-state index contributed by atoms with van der Waals surface area (Å²) in [5.41, 5.74) is 8.95. The Morgan fingerprint density at radius 3 is 2.50 bits per heavy atom. The minimum atomic E-state index is -0.501. The van der Waals surface area contributed by atoms with Crippen molar-refractivity contribution in [3.8, 4) is 11.1 Å². The van der Waals surface area contributed by atoms with Gasteiger partial charge in [0.05, 0.1) is 8.80 Å². The Bertz CT molecular complexity index is 852. The van der Waals surface area contributed by atoms with Crippen LogP contribution in [0.15, 0.2) is 60.2 Å². The lowest BCUT2D eigenvalue weighted by atomic mass is 9.94. The molecule has 1 atom stereocenters. The average molecular weight is 330 g/mol. The average Bonchev–Trinajstić information content (AvgIpc) is 3.18. The van der Waals surface area contributed by atoms with E-state index >= 15 is 0 Å². The van der Waals surface area contributed by atoms with Crippen LogP contribution in [0.2, 0.25) is 13.1 Å². The molecule has 0 N–H and O–H groups in total. The molecule has 0 aromatic heterocycles. The highest BCUT2D eigenvalue weighted by Crippen LogP contribution is 2.38. The van der Waals surface area contributed by atoms with E-state index in [1.54, 1.807) is 10.8 Å². The van der Waals surface area contributed by atoms with E-state index in [-0.39, 0.29) is 0 Å². The Morgan fingerprint density at radius 1 is 1.00 bits per heavy atom. The zero-order chi connectivity index (χ0) is 16.8. The van der Waals surface area contributed by atoms with Crippen molar-refractivity contribution in [1.82, 2.24) is 0 Å². The predicted octanol–water partition coefficient (Wildman–Crippen LogP) is 5.46. The third kappa shape index (κ3) is 2.52. The molecule has 0 bridgehead atoms. The fraction of sp³-hybridized carbons (Fsp3) is 0.304. The Kier molecular flexibility index (Phi) is 3.84. The number of hydrogen-bond donors (Lipinski definition) is 0. The second-order valence-corrected chi connectivity index (χ2v) is 10.2. The van der Waals surface area contributed by atoms with Crippen molar-refractivity contribution >= 4 is 14.0 Å². The Balaban J connectivity index is 1.83. The highest BCUT2D eigenvalue weighted by Gasteiger charge is 2.24. The molecule has 121 valence electrons. The maximum absolute atomic E-state index is 2.51. The largest absolute Gasteiger partial charge is 0.0796 e. The van der Waals surface area contributed by atoms with Gasteiger partial charge < -0.3 is 0 Å². The second-order valence-electron chi connectivity index (χ2n) is 7.64.